The number of carbonyl (C=O) groups excluding carboxylic acids is 1. The van der Waals surface area contributed by atoms with Crippen molar-refractivity contribution in [3.8, 4) is 0 Å². The molecule has 0 aliphatic rings. The quantitative estimate of drug-likeness (QED) is 0.829. The van der Waals surface area contributed by atoms with Gasteiger partial charge >= 0.3 is 0 Å². The molecule has 3 N–H and O–H groups in total. The van der Waals surface area contributed by atoms with Gasteiger partial charge in [0.2, 0.25) is 0 Å². The van der Waals surface area contributed by atoms with Crippen LogP contribution in [0.4, 0.5) is 20.2 Å². The third-order valence-corrected chi connectivity index (χ3v) is 3.11. The van der Waals surface area contributed by atoms with Crippen LogP contribution in [0.15, 0.2) is 30.3 Å². The number of halogens is 3. The van der Waals surface area contributed by atoms with E-state index in [0.29, 0.717) is 11.8 Å². The van der Waals surface area contributed by atoms with Gasteiger partial charge in [-0.05, 0) is 24.6 Å². The Labute approximate surface area is 119 Å². The predicted molar refractivity (Wildman–Crippen MR) is 74.9 cm³/mol. The van der Waals surface area contributed by atoms with Gasteiger partial charge in [0.05, 0.1) is 16.3 Å². The van der Waals surface area contributed by atoms with Crippen molar-refractivity contribution in [1.29, 1.82) is 0 Å². The van der Waals surface area contributed by atoms with Gasteiger partial charge in [-0.3, -0.25) is 4.79 Å². The van der Waals surface area contributed by atoms with Gasteiger partial charge in [0.1, 0.15) is 5.82 Å². The van der Waals surface area contributed by atoms with Crippen LogP contribution in [-0.2, 0) is 0 Å². The van der Waals surface area contributed by atoms with Gasteiger partial charge in [0, 0.05) is 11.8 Å². The Morgan fingerprint density at radius 3 is 2.65 bits per heavy atom. The SMILES string of the molecule is Cc1cccc(C(=O)Nc2c(F)cc(F)cc2Cl)c1N. The standard InChI is InChI=1S/C14H11ClF2N2O/c1-7-3-2-4-9(12(7)18)14(20)19-13-10(15)5-8(16)6-11(13)17/h2-6H,18H2,1H3,(H,19,20). The largest absolute Gasteiger partial charge is 0.398 e. The third-order valence-electron chi connectivity index (χ3n) is 2.81. The number of aryl methyl sites for hydroxylation is 1. The molecule has 0 aliphatic carbocycles. The molecule has 0 fully saturated rings. The van der Waals surface area contributed by atoms with Gasteiger partial charge in [-0.1, -0.05) is 23.7 Å². The van der Waals surface area contributed by atoms with Crippen molar-refractivity contribution in [2.45, 2.75) is 6.92 Å². The van der Waals surface area contributed by atoms with Gasteiger partial charge in [-0.15, -0.1) is 0 Å². The zero-order chi connectivity index (χ0) is 14.9. The first-order valence-electron chi connectivity index (χ1n) is 5.71. The highest BCUT2D eigenvalue weighted by molar-refractivity contribution is 6.34. The Morgan fingerprint density at radius 2 is 2.00 bits per heavy atom. The molecule has 0 heterocycles. The van der Waals surface area contributed by atoms with Crippen molar-refractivity contribution in [3.05, 3.63) is 58.1 Å². The zero-order valence-electron chi connectivity index (χ0n) is 10.5. The molecule has 1 amide bonds. The molecule has 0 unspecified atom stereocenters. The van der Waals surface area contributed by atoms with Crippen LogP contribution in [-0.4, -0.2) is 5.91 Å². The lowest BCUT2D eigenvalue weighted by Crippen LogP contribution is -2.16. The summed E-state index contributed by atoms with van der Waals surface area (Å²) in [6.07, 6.45) is 0. The molecule has 0 saturated carbocycles. The number of hydrogen-bond acceptors (Lipinski definition) is 2. The highest BCUT2D eigenvalue weighted by Gasteiger charge is 2.16. The molecule has 2 aromatic rings. The van der Waals surface area contributed by atoms with E-state index in [4.69, 9.17) is 17.3 Å². The molecular formula is C14H11ClF2N2O. The molecule has 0 bridgehead atoms. The van der Waals surface area contributed by atoms with Crippen molar-refractivity contribution in [3.63, 3.8) is 0 Å². The van der Waals surface area contributed by atoms with E-state index in [-0.39, 0.29) is 16.3 Å². The Kier molecular flexibility index (Phi) is 3.90. The first-order valence-corrected chi connectivity index (χ1v) is 6.09. The summed E-state index contributed by atoms with van der Waals surface area (Å²) in [5, 5.41) is 2.08. The maximum Gasteiger partial charge on any atom is 0.257 e. The average Bonchev–Trinajstić information content (AvgIpc) is 2.36. The summed E-state index contributed by atoms with van der Waals surface area (Å²) in [7, 11) is 0. The van der Waals surface area contributed by atoms with Crippen LogP contribution in [0.25, 0.3) is 0 Å². The second kappa shape index (κ2) is 5.46. The van der Waals surface area contributed by atoms with Crippen molar-refractivity contribution < 1.29 is 13.6 Å². The van der Waals surface area contributed by atoms with Gasteiger partial charge in [0.25, 0.3) is 5.91 Å². The molecule has 0 saturated heterocycles. The number of carbonyl (C=O) groups is 1. The Hall–Kier alpha value is -2.14. The number of nitrogens with one attached hydrogen (secondary N) is 1. The molecule has 6 heteroatoms. The van der Waals surface area contributed by atoms with Gasteiger partial charge < -0.3 is 11.1 Å². The highest BCUT2D eigenvalue weighted by atomic mass is 35.5. The summed E-state index contributed by atoms with van der Waals surface area (Å²) in [4.78, 5) is 12.1. The van der Waals surface area contributed by atoms with Crippen LogP contribution < -0.4 is 11.1 Å². The summed E-state index contributed by atoms with van der Waals surface area (Å²) < 4.78 is 26.5. The maximum atomic E-state index is 13.6. The monoisotopic (exact) mass is 296 g/mol. The summed E-state index contributed by atoms with van der Waals surface area (Å²) in [5.74, 6) is -2.38. The van der Waals surface area contributed by atoms with Crippen molar-refractivity contribution in [1.82, 2.24) is 0 Å². The van der Waals surface area contributed by atoms with E-state index >= 15 is 0 Å². The van der Waals surface area contributed by atoms with Gasteiger partial charge in [0.15, 0.2) is 5.82 Å². The summed E-state index contributed by atoms with van der Waals surface area (Å²) >= 11 is 5.71. The van der Waals surface area contributed by atoms with E-state index in [1.54, 1.807) is 19.1 Å². The number of para-hydroxylation sites is 1. The average molecular weight is 297 g/mol. The summed E-state index contributed by atoms with van der Waals surface area (Å²) in [6, 6.07) is 6.47. The molecule has 0 radical (unpaired) electrons. The topological polar surface area (TPSA) is 55.1 Å². The summed E-state index contributed by atoms with van der Waals surface area (Å²) in [5.41, 5.74) is 6.73. The molecule has 0 aromatic heterocycles. The Morgan fingerprint density at radius 1 is 1.30 bits per heavy atom. The third kappa shape index (κ3) is 2.72. The molecule has 20 heavy (non-hydrogen) atoms. The number of rotatable bonds is 2. The molecular weight excluding hydrogens is 286 g/mol. The minimum atomic E-state index is -0.949. The minimum absolute atomic E-state index is 0.199. The fourth-order valence-corrected chi connectivity index (χ4v) is 1.96. The van der Waals surface area contributed by atoms with Crippen LogP contribution in [0.3, 0.4) is 0 Å². The predicted octanol–water partition coefficient (Wildman–Crippen LogP) is 3.76. The van der Waals surface area contributed by atoms with Crippen molar-refractivity contribution in [2.75, 3.05) is 11.1 Å². The van der Waals surface area contributed by atoms with E-state index in [0.717, 1.165) is 11.6 Å². The summed E-state index contributed by atoms with van der Waals surface area (Å²) in [6.45, 7) is 1.75. The van der Waals surface area contributed by atoms with Crippen LogP contribution in [0.5, 0.6) is 0 Å². The number of nitrogens with two attached hydrogens (primary N) is 1. The van der Waals surface area contributed by atoms with E-state index in [2.05, 4.69) is 5.32 Å². The number of anilines is 2. The lowest BCUT2D eigenvalue weighted by molar-refractivity contribution is 0.102. The number of nitrogen functional groups attached to an aromatic ring is 1. The fourth-order valence-electron chi connectivity index (χ4n) is 1.72. The van der Waals surface area contributed by atoms with Crippen molar-refractivity contribution in [2.24, 2.45) is 0 Å². The smallest absolute Gasteiger partial charge is 0.257 e. The van der Waals surface area contributed by atoms with Crippen LogP contribution in [0.1, 0.15) is 15.9 Å². The lowest BCUT2D eigenvalue weighted by atomic mass is 10.1. The van der Waals surface area contributed by atoms with E-state index in [9.17, 15) is 13.6 Å². The van der Waals surface area contributed by atoms with Crippen molar-refractivity contribution >= 4 is 28.9 Å². The second-order valence-electron chi connectivity index (χ2n) is 4.23. The van der Waals surface area contributed by atoms with E-state index in [1.807, 2.05) is 0 Å². The van der Waals surface area contributed by atoms with Gasteiger partial charge in [-0.2, -0.15) is 0 Å². The molecule has 0 atom stereocenters. The number of amides is 1. The molecule has 3 nitrogen and oxygen atoms in total. The number of benzene rings is 2. The van der Waals surface area contributed by atoms with E-state index < -0.39 is 17.5 Å². The second-order valence-corrected chi connectivity index (χ2v) is 4.64. The maximum absolute atomic E-state index is 13.6. The fraction of sp³-hybridized carbons (Fsp3) is 0.0714. The zero-order valence-corrected chi connectivity index (χ0v) is 11.3. The molecule has 2 aromatic carbocycles. The van der Waals surface area contributed by atoms with Crippen LogP contribution >= 0.6 is 11.6 Å². The molecule has 104 valence electrons. The van der Waals surface area contributed by atoms with Crippen LogP contribution in [0, 0.1) is 18.6 Å². The first-order chi connectivity index (χ1) is 9.40. The number of hydrogen-bond donors (Lipinski definition) is 2. The first kappa shape index (κ1) is 14.3. The molecule has 2 rings (SSSR count). The molecule has 0 spiro atoms. The normalized spacial score (nSPS) is 10.4. The van der Waals surface area contributed by atoms with Crippen LogP contribution in [0.2, 0.25) is 5.02 Å². The van der Waals surface area contributed by atoms with E-state index in [1.165, 1.54) is 6.07 Å². The Bertz CT molecular complexity index is 666. The lowest BCUT2D eigenvalue weighted by Gasteiger charge is -2.11. The molecule has 0 aliphatic heterocycles. The minimum Gasteiger partial charge on any atom is -0.398 e. The van der Waals surface area contributed by atoms with Gasteiger partial charge in [-0.25, -0.2) is 8.78 Å². The Balaban J connectivity index is 2.36. The highest BCUT2D eigenvalue weighted by Crippen LogP contribution is 2.27.